The van der Waals surface area contributed by atoms with Crippen molar-refractivity contribution in [1.29, 1.82) is 0 Å². The lowest BCUT2D eigenvalue weighted by atomic mass is 9.64. The van der Waals surface area contributed by atoms with Crippen molar-refractivity contribution >= 4 is 16.1 Å². The fourth-order valence-corrected chi connectivity index (χ4v) is 7.65. The van der Waals surface area contributed by atoms with Crippen LogP contribution >= 0.6 is 0 Å². The number of aliphatic hydroxyl groups excluding tert-OH is 1. The number of aliphatic hydroxyl groups is 1. The molecule has 2 heterocycles. The number of fused-ring (bicyclic) bond motifs is 2. The van der Waals surface area contributed by atoms with Gasteiger partial charge in [0.25, 0.3) is 0 Å². The average molecular weight is 572 g/mol. The minimum Gasteiger partial charge on any atom is -0.387 e. The van der Waals surface area contributed by atoms with E-state index in [-0.39, 0.29) is 22.7 Å². The lowest BCUT2D eigenvalue weighted by molar-refractivity contribution is 0.0217. The van der Waals surface area contributed by atoms with Gasteiger partial charge in [0, 0.05) is 18.5 Å². The second kappa shape index (κ2) is 10.0. The number of rotatable bonds is 5. The minimum atomic E-state index is -3.81. The van der Waals surface area contributed by atoms with Crippen molar-refractivity contribution in [3.05, 3.63) is 119 Å². The first-order chi connectivity index (χ1) is 19.5. The molecule has 1 N–H and O–H groups in total. The standard InChI is InChI=1S/C33H34FN3O3S/c1-32(2,3)25-9-15-29(16-10-25)41(39,40)36-18-17-26-19-30-24(21-35-37(30)28-13-11-27(34)12-14-28)20-33(26,22-36)31(38)23-7-5-4-6-8-23/h4-16,19,21,31,38H,17-18,20,22H2,1-3H3/t31-,33?/m1/s1. The highest BCUT2D eigenvalue weighted by molar-refractivity contribution is 7.89. The second-order valence-electron chi connectivity index (χ2n) is 12.1. The molecule has 1 fully saturated rings. The van der Waals surface area contributed by atoms with Crippen LogP contribution in [-0.4, -0.2) is 40.7 Å². The Hall–Kier alpha value is -3.59. The van der Waals surface area contributed by atoms with E-state index in [1.165, 1.54) is 16.4 Å². The van der Waals surface area contributed by atoms with Gasteiger partial charge in [-0.15, -0.1) is 0 Å². The summed E-state index contributed by atoms with van der Waals surface area (Å²) in [6.45, 7) is 6.73. The zero-order chi connectivity index (χ0) is 29.0. The molecule has 4 aromatic rings. The first-order valence-electron chi connectivity index (χ1n) is 13.9. The van der Waals surface area contributed by atoms with Gasteiger partial charge in [-0.2, -0.15) is 9.40 Å². The zero-order valence-corrected chi connectivity index (χ0v) is 24.3. The normalized spacial score (nSPS) is 20.2. The van der Waals surface area contributed by atoms with Crippen LogP contribution in [0.4, 0.5) is 4.39 Å². The van der Waals surface area contributed by atoms with Crippen molar-refractivity contribution < 1.29 is 17.9 Å². The SMILES string of the molecule is CC(C)(C)c1ccc(S(=O)(=O)N2CCC3=Cc4c(cnn4-c4ccc(F)cc4)CC3([C@H](O)c3ccccc3)C2)cc1. The summed E-state index contributed by atoms with van der Waals surface area (Å²) in [5.74, 6) is -0.320. The smallest absolute Gasteiger partial charge is 0.243 e. The van der Waals surface area contributed by atoms with E-state index in [4.69, 9.17) is 0 Å². The van der Waals surface area contributed by atoms with Gasteiger partial charge in [0.15, 0.2) is 0 Å². The first kappa shape index (κ1) is 27.6. The molecule has 0 saturated carbocycles. The zero-order valence-electron chi connectivity index (χ0n) is 23.5. The molecule has 0 amide bonds. The van der Waals surface area contributed by atoms with E-state index in [0.717, 1.165) is 33.6 Å². The van der Waals surface area contributed by atoms with Gasteiger partial charge < -0.3 is 5.11 Å². The number of sulfonamides is 1. The number of piperidine rings is 1. The van der Waals surface area contributed by atoms with Crippen molar-refractivity contribution in [2.75, 3.05) is 13.1 Å². The molecule has 0 radical (unpaired) electrons. The fourth-order valence-electron chi connectivity index (χ4n) is 6.14. The highest BCUT2D eigenvalue weighted by atomic mass is 32.2. The largest absolute Gasteiger partial charge is 0.387 e. The van der Waals surface area contributed by atoms with Crippen molar-refractivity contribution in [2.45, 2.75) is 50.0 Å². The van der Waals surface area contributed by atoms with Gasteiger partial charge in [0.2, 0.25) is 10.0 Å². The summed E-state index contributed by atoms with van der Waals surface area (Å²) in [7, 11) is -3.81. The molecule has 1 aliphatic heterocycles. The molecule has 8 heteroatoms. The molecule has 212 valence electrons. The third-order valence-electron chi connectivity index (χ3n) is 8.50. The number of hydrogen-bond acceptors (Lipinski definition) is 4. The molecule has 6 nitrogen and oxygen atoms in total. The van der Waals surface area contributed by atoms with E-state index < -0.39 is 21.5 Å². The fraction of sp³-hybridized carbons (Fsp3) is 0.303. The van der Waals surface area contributed by atoms with Crippen LogP contribution in [-0.2, 0) is 21.9 Å². The van der Waals surface area contributed by atoms with Gasteiger partial charge in [-0.05, 0) is 77.4 Å². The van der Waals surface area contributed by atoms with Crippen molar-refractivity contribution in [1.82, 2.24) is 14.1 Å². The lowest BCUT2D eigenvalue weighted by Crippen LogP contribution is -2.52. The predicted octanol–water partition coefficient (Wildman–Crippen LogP) is 6.06. The van der Waals surface area contributed by atoms with Gasteiger partial charge in [-0.1, -0.05) is 68.8 Å². The van der Waals surface area contributed by atoms with E-state index in [2.05, 4.69) is 25.9 Å². The maximum atomic E-state index is 14.0. The monoisotopic (exact) mass is 571 g/mol. The molecule has 1 unspecified atom stereocenters. The maximum absolute atomic E-state index is 14.0. The van der Waals surface area contributed by atoms with Crippen LogP contribution in [0.25, 0.3) is 11.8 Å². The van der Waals surface area contributed by atoms with Crippen LogP contribution < -0.4 is 0 Å². The molecule has 0 spiro atoms. The summed E-state index contributed by atoms with van der Waals surface area (Å²) in [4.78, 5) is 0.253. The maximum Gasteiger partial charge on any atom is 0.243 e. The van der Waals surface area contributed by atoms with E-state index >= 15 is 0 Å². The third-order valence-corrected chi connectivity index (χ3v) is 10.4. The van der Waals surface area contributed by atoms with Gasteiger partial charge in [-0.25, -0.2) is 17.5 Å². The number of hydrogen-bond donors (Lipinski definition) is 1. The summed E-state index contributed by atoms with van der Waals surface area (Å²) in [6, 6.07) is 22.7. The first-order valence-corrected chi connectivity index (χ1v) is 15.3. The van der Waals surface area contributed by atoms with E-state index in [0.29, 0.717) is 19.4 Å². The summed E-state index contributed by atoms with van der Waals surface area (Å²) in [6.07, 6.45) is 3.77. The highest BCUT2D eigenvalue weighted by Crippen LogP contribution is 2.52. The molecule has 6 rings (SSSR count). The van der Waals surface area contributed by atoms with Crippen LogP contribution in [0, 0.1) is 11.2 Å². The van der Waals surface area contributed by atoms with Crippen LogP contribution in [0.1, 0.15) is 55.7 Å². The summed E-state index contributed by atoms with van der Waals surface area (Å²) < 4.78 is 44.8. The van der Waals surface area contributed by atoms with E-state index in [1.54, 1.807) is 35.1 Å². The minimum absolute atomic E-state index is 0.0882. The summed E-state index contributed by atoms with van der Waals surface area (Å²) in [5, 5.41) is 16.6. The molecule has 2 aliphatic rings. The summed E-state index contributed by atoms with van der Waals surface area (Å²) in [5.41, 5.74) is 4.34. The molecule has 41 heavy (non-hydrogen) atoms. The van der Waals surface area contributed by atoms with Gasteiger partial charge in [-0.3, -0.25) is 0 Å². The third kappa shape index (κ3) is 4.84. The van der Waals surface area contributed by atoms with Crippen LogP contribution in [0.2, 0.25) is 0 Å². The van der Waals surface area contributed by atoms with Crippen molar-refractivity contribution in [3.8, 4) is 5.69 Å². The number of halogens is 1. The Kier molecular flexibility index (Phi) is 6.76. The van der Waals surface area contributed by atoms with E-state index in [1.807, 2.05) is 48.5 Å². The van der Waals surface area contributed by atoms with Gasteiger partial charge in [0.1, 0.15) is 5.82 Å². The predicted molar refractivity (Wildman–Crippen MR) is 158 cm³/mol. The molecule has 1 aliphatic carbocycles. The Morgan fingerprint density at radius 1 is 0.976 bits per heavy atom. The van der Waals surface area contributed by atoms with E-state index in [9.17, 15) is 17.9 Å². The van der Waals surface area contributed by atoms with Gasteiger partial charge >= 0.3 is 0 Å². The molecular weight excluding hydrogens is 537 g/mol. The Balaban J connectivity index is 1.41. The Labute approximate surface area is 240 Å². The Morgan fingerprint density at radius 3 is 2.32 bits per heavy atom. The molecule has 1 aromatic heterocycles. The Morgan fingerprint density at radius 2 is 1.66 bits per heavy atom. The number of nitrogens with zero attached hydrogens (tertiary/aromatic N) is 3. The molecule has 0 bridgehead atoms. The van der Waals surface area contributed by atoms with Crippen LogP contribution in [0.15, 0.2) is 95.5 Å². The molecule has 2 atom stereocenters. The van der Waals surface area contributed by atoms with Crippen molar-refractivity contribution in [3.63, 3.8) is 0 Å². The quantitative estimate of drug-likeness (QED) is 0.316. The second-order valence-corrected chi connectivity index (χ2v) is 14.1. The van der Waals surface area contributed by atoms with Gasteiger partial charge in [0.05, 0.1) is 28.6 Å². The summed E-state index contributed by atoms with van der Waals surface area (Å²) >= 11 is 0. The molecule has 1 saturated heterocycles. The van der Waals surface area contributed by atoms with Crippen LogP contribution in [0.3, 0.4) is 0 Å². The lowest BCUT2D eigenvalue weighted by Gasteiger charge is -2.48. The Bertz CT molecular complexity index is 1710. The molecule has 3 aromatic carbocycles. The van der Waals surface area contributed by atoms with Crippen molar-refractivity contribution in [2.24, 2.45) is 5.41 Å². The number of benzene rings is 3. The topological polar surface area (TPSA) is 75.4 Å². The molecular formula is C33H34FN3O3S. The highest BCUT2D eigenvalue weighted by Gasteiger charge is 2.50. The average Bonchev–Trinajstić information content (AvgIpc) is 3.37. The number of aromatic nitrogens is 2. The van der Waals surface area contributed by atoms with Crippen LogP contribution in [0.5, 0.6) is 0 Å².